The van der Waals surface area contributed by atoms with Gasteiger partial charge in [-0.25, -0.2) is 0 Å². The second-order valence-electron chi connectivity index (χ2n) is 7.01. The Bertz CT molecular complexity index is 1120. The number of carbonyl (C=O) groups excluding carboxylic acids is 1. The van der Waals surface area contributed by atoms with Gasteiger partial charge in [0.2, 0.25) is 0 Å². The first-order chi connectivity index (χ1) is 14.1. The molecule has 6 nitrogen and oxygen atoms in total. The highest BCUT2D eigenvalue weighted by atomic mass is 16.5. The highest BCUT2D eigenvalue weighted by molar-refractivity contribution is 5.96. The Morgan fingerprint density at radius 3 is 2.45 bits per heavy atom. The molecule has 0 aliphatic carbocycles. The van der Waals surface area contributed by atoms with Crippen molar-refractivity contribution < 1.29 is 14.3 Å². The predicted molar refractivity (Wildman–Crippen MR) is 112 cm³/mol. The van der Waals surface area contributed by atoms with Gasteiger partial charge in [0.1, 0.15) is 5.69 Å². The molecule has 29 heavy (non-hydrogen) atoms. The van der Waals surface area contributed by atoms with E-state index in [1.165, 1.54) is 0 Å². The number of pyridine rings is 1. The van der Waals surface area contributed by atoms with E-state index in [4.69, 9.17) is 9.47 Å². The number of hydrogen-bond acceptors (Lipinski definition) is 4. The summed E-state index contributed by atoms with van der Waals surface area (Å²) in [7, 11) is 0. The summed E-state index contributed by atoms with van der Waals surface area (Å²) in [5.74, 6) is 1.26. The molecular formula is C23H24N2O4. The molecule has 0 saturated heterocycles. The molecule has 1 amide bonds. The predicted octanol–water partition coefficient (Wildman–Crippen LogP) is 3.52. The lowest BCUT2D eigenvalue weighted by atomic mass is 9.98. The lowest BCUT2D eigenvalue weighted by molar-refractivity contribution is 0.0728. The Kier molecular flexibility index (Phi) is 5.25. The molecule has 2 heterocycles. The SMILES string of the molecule is CCOc1cc2c(cc1OCC)CN(C(=O)c1cc3ccccc3c(=O)[nH]1)CC2. The lowest BCUT2D eigenvalue weighted by Crippen LogP contribution is -2.37. The van der Waals surface area contributed by atoms with Crippen LogP contribution in [0.15, 0.2) is 47.3 Å². The van der Waals surface area contributed by atoms with Crippen molar-refractivity contribution in [3.8, 4) is 11.5 Å². The summed E-state index contributed by atoms with van der Waals surface area (Å²) in [6, 6.07) is 13.0. The minimum absolute atomic E-state index is 0.176. The van der Waals surface area contributed by atoms with Gasteiger partial charge in [0, 0.05) is 18.5 Å². The van der Waals surface area contributed by atoms with Gasteiger partial charge in [-0.05, 0) is 61.0 Å². The van der Waals surface area contributed by atoms with E-state index in [1.807, 2.05) is 44.2 Å². The van der Waals surface area contributed by atoms with E-state index < -0.39 is 0 Å². The van der Waals surface area contributed by atoms with Gasteiger partial charge >= 0.3 is 0 Å². The number of hydrogen-bond donors (Lipinski definition) is 1. The quantitative estimate of drug-likeness (QED) is 0.721. The number of amides is 1. The van der Waals surface area contributed by atoms with E-state index in [0.29, 0.717) is 43.1 Å². The van der Waals surface area contributed by atoms with E-state index in [0.717, 1.165) is 28.7 Å². The van der Waals surface area contributed by atoms with Gasteiger partial charge in [0.05, 0.1) is 13.2 Å². The fourth-order valence-corrected chi connectivity index (χ4v) is 3.77. The summed E-state index contributed by atoms with van der Waals surface area (Å²) in [5.41, 5.74) is 2.27. The average molecular weight is 392 g/mol. The third-order valence-electron chi connectivity index (χ3n) is 5.15. The zero-order valence-electron chi connectivity index (χ0n) is 16.7. The van der Waals surface area contributed by atoms with Gasteiger partial charge in [-0.3, -0.25) is 9.59 Å². The molecule has 0 fully saturated rings. The van der Waals surface area contributed by atoms with Crippen molar-refractivity contribution in [3.63, 3.8) is 0 Å². The van der Waals surface area contributed by atoms with Crippen LogP contribution in [-0.2, 0) is 13.0 Å². The standard InChI is InChI=1S/C23H24N2O4/c1-3-28-20-12-15-9-10-25(14-17(15)13-21(20)29-4-2)23(27)19-11-16-7-5-6-8-18(16)22(26)24-19/h5-8,11-13H,3-4,9-10,14H2,1-2H3,(H,24,26). The maximum Gasteiger partial charge on any atom is 0.270 e. The molecule has 1 aliphatic rings. The number of benzene rings is 2. The van der Waals surface area contributed by atoms with E-state index in [2.05, 4.69) is 4.98 Å². The van der Waals surface area contributed by atoms with Gasteiger partial charge in [-0.15, -0.1) is 0 Å². The lowest BCUT2D eigenvalue weighted by Gasteiger charge is -2.29. The van der Waals surface area contributed by atoms with Crippen molar-refractivity contribution in [1.29, 1.82) is 0 Å². The van der Waals surface area contributed by atoms with E-state index in [9.17, 15) is 9.59 Å². The Labute approximate surface area is 169 Å². The van der Waals surface area contributed by atoms with Crippen LogP contribution in [0.25, 0.3) is 10.8 Å². The van der Waals surface area contributed by atoms with E-state index in [1.54, 1.807) is 17.0 Å². The van der Waals surface area contributed by atoms with Gasteiger partial charge in [-0.1, -0.05) is 18.2 Å². The minimum Gasteiger partial charge on any atom is -0.490 e. The summed E-state index contributed by atoms with van der Waals surface area (Å²) in [4.78, 5) is 29.9. The fourth-order valence-electron chi connectivity index (χ4n) is 3.77. The van der Waals surface area contributed by atoms with Crippen LogP contribution in [0.1, 0.15) is 35.5 Å². The topological polar surface area (TPSA) is 71.6 Å². The second-order valence-corrected chi connectivity index (χ2v) is 7.01. The molecule has 0 spiro atoms. The van der Waals surface area contributed by atoms with Crippen molar-refractivity contribution in [1.82, 2.24) is 9.88 Å². The molecule has 6 heteroatoms. The zero-order valence-corrected chi connectivity index (χ0v) is 16.7. The summed E-state index contributed by atoms with van der Waals surface area (Å²) in [5, 5.41) is 1.34. The molecule has 0 radical (unpaired) electrons. The molecule has 1 aliphatic heterocycles. The molecule has 150 valence electrons. The Hall–Kier alpha value is -3.28. The fraction of sp³-hybridized carbons (Fsp3) is 0.304. The molecule has 3 aromatic rings. The van der Waals surface area contributed by atoms with Gasteiger partial charge < -0.3 is 19.4 Å². The van der Waals surface area contributed by atoms with Crippen LogP contribution in [0.5, 0.6) is 11.5 Å². The summed E-state index contributed by atoms with van der Waals surface area (Å²) >= 11 is 0. The molecule has 4 rings (SSSR count). The van der Waals surface area contributed by atoms with Gasteiger partial charge in [-0.2, -0.15) is 0 Å². The third kappa shape index (κ3) is 3.70. The molecule has 0 bridgehead atoms. The number of ether oxygens (including phenoxy) is 2. The zero-order chi connectivity index (χ0) is 20.4. The highest BCUT2D eigenvalue weighted by Gasteiger charge is 2.24. The number of aromatic amines is 1. The van der Waals surface area contributed by atoms with Gasteiger partial charge in [0.25, 0.3) is 11.5 Å². The first kappa shape index (κ1) is 19.1. The summed E-state index contributed by atoms with van der Waals surface area (Å²) in [6.07, 6.45) is 0.728. The second kappa shape index (κ2) is 7.99. The smallest absolute Gasteiger partial charge is 0.270 e. The van der Waals surface area contributed by atoms with Crippen molar-refractivity contribution in [2.45, 2.75) is 26.8 Å². The Morgan fingerprint density at radius 2 is 1.72 bits per heavy atom. The molecule has 0 atom stereocenters. The summed E-state index contributed by atoms with van der Waals surface area (Å²) < 4.78 is 11.4. The maximum atomic E-state index is 13.1. The summed E-state index contributed by atoms with van der Waals surface area (Å²) in [6.45, 7) is 6.04. The molecule has 0 saturated carbocycles. The number of rotatable bonds is 5. The number of aromatic nitrogens is 1. The molecule has 1 N–H and O–H groups in total. The monoisotopic (exact) mass is 392 g/mol. The number of nitrogens with one attached hydrogen (secondary N) is 1. The van der Waals surface area contributed by atoms with E-state index >= 15 is 0 Å². The van der Waals surface area contributed by atoms with Crippen LogP contribution < -0.4 is 15.0 Å². The highest BCUT2D eigenvalue weighted by Crippen LogP contribution is 2.34. The first-order valence-corrected chi connectivity index (χ1v) is 9.93. The minimum atomic E-state index is -0.246. The molecule has 2 aromatic carbocycles. The molecular weight excluding hydrogens is 368 g/mol. The van der Waals surface area contributed by atoms with Crippen LogP contribution in [-0.4, -0.2) is 35.5 Å². The maximum absolute atomic E-state index is 13.1. The molecule has 1 aromatic heterocycles. The van der Waals surface area contributed by atoms with Crippen LogP contribution in [0.2, 0.25) is 0 Å². The van der Waals surface area contributed by atoms with Crippen molar-refractivity contribution in [3.05, 3.63) is 69.6 Å². The van der Waals surface area contributed by atoms with Crippen molar-refractivity contribution >= 4 is 16.7 Å². The van der Waals surface area contributed by atoms with E-state index in [-0.39, 0.29) is 11.5 Å². The van der Waals surface area contributed by atoms with Gasteiger partial charge in [0.15, 0.2) is 11.5 Å². The number of fused-ring (bicyclic) bond motifs is 2. The molecule has 0 unspecified atom stereocenters. The first-order valence-electron chi connectivity index (χ1n) is 9.93. The Morgan fingerprint density at radius 1 is 1.03 bits per heavy atom. The van der Waals surface area contributed by atoms with Crippen molar-refractivity contribution in [2.75, 3.05) is 19.8 Å². The van der Waals surface area contributed by atoms with Crippen LogP contribution >= 0.6 is 0 Å². The van der Waals surface area contributed by atoms with Crippen molar-refractivity contribution in [2.24, 2.45) is 0 Å². The average Bonchev–Trinajstić information content (AvgIpc) is 2.73. The number of nitrogens with zero attached hydrogens (tertiary/aromatic N) is 1. The Balaban J connectivity index is 1.63. The third-order valence-corrected chi connectivity index (χ3v) is 5.15. The van der Waals surface area contributed by atoms with Crippen LogP contribution in [0.3, 0.4) is 0 Å². The van der Waals surface area contributed by atoms with Crippen LogP contribution in [0.4, 0.5) is 0 Å². The normalized spacial score (nSPS) is 13.2. The largest absolute Gasteiger partial charge is 0.490 e. The number of carbonyl (C=O) groups is 1. The number of H-pyrrole nitrogens is 1. The van der Waals surface area contributed by atoms with Crippen LogP contribution in [0, 0.1) is 0 Å².